The van der Waals surface area contributed by atoms with E-state index in [9.17, 15) is 0 Å². The molecule has 0 amide bonds. The summed E-state index contributed by atoms with van der Waals surface area (Å²) < 4.78 is 5.49. The van der Waals surface area contributed by atoms with Crippen molar-refractivity contribution in [2.75, 3.05) is 13.7 Å². The third-order valence-corrected chi connectivity index (χ3v) is 4.58. The first-order valence-electron chi connectivity index (χ1n) is 7.11. The van der Waals surface area contributed by atoms with E-state index in [4.69, 9.17) is 4.74 Å². The Kier molecular flexibility index (Phi) is 3.57. The minimum atomic E-state index is 0.232. The molecule has 0 aliphatic heterocycles. The zero-order valence-corrected chi connectivity index (χ0v) is 12.2. The molecule has 2 fully saturated rings. The second kappa shape index (κ2) is 4.55. The van der Waals surface area contributed by atoms with Crippen LogP contribution in [0.25, 0.3) is 0 Å². The summed E-state index contributed by atoms with van der Waals surface area (Å²) in [6.45, 7) is 10.2. The fourth-order valence-electron chi connectivity index (χ4n) is 3.53. The summed E-state index contributed by atoms with van der Waals surface area (Å²) in [5.41, 5.74) is 0.742. The van der Waals surface area contributed by atoms with Crippen molar-refractivity contribution in [1.82, 2.24) is 5.32 Å². The van der Waals surface area contributed by atoms with Crippen molar-refractivity contribution < 1.29 is 4.74 Å². The standard InChI is InChI=1S/C15H29NO/c1-11(17-5)7-15(10-16-14(2,3)4)8-12-6-13(12)9-15/h11-13,16H,6-10H2,1-5H3. The Balaban J connectivity index is 1.93. The van der Waals surface area contributed by atoms with E-state index in [1.165, 1.54) is 25.7 Å². The summed E-state index contributed by atoms with van der Waals surface area (Å²) in [5.74, 6) is 2.08. The van der Waals surface area contributed by atoms with Crippen LogP contribution in [0.4, 0.5) is 0 Å². The molecule has 100 valence electrons. The number of hydrogen-bond acceptors (Lipinski definition) is 2. The lowest BCUT2D eigenvalue weighted by molar-refractivity contribution is 0.0572. The third kappa shape index (κ3) is 3.45. The number of rotatable bonds is 5. The highest BCUT2D eigenvalue weighted by Gasteiger charge is 2.53. The maximum atomic E-state index is 5.49. The van der Waals surface area contributed by atoms with Gasteiger partial charge in [-0.15, -0.1) is 0 Å². The van der Waals surface area contributed by atoms with Crippen molar-refractivity contribution in [1.29, 1.82) is 0 Å². The highest BCUT2D eigenvalue weighted by Crippen LogP contribution is 2.61. The lowest BCUT2D eigenvalue weighted by Crippen LogP contribution is -2.44. The Bertz CT molecular complexity index is 259. The van der Waals surface area contributed by atoms with Crippen LogP contribution in [-0.2, 0) is 4.74 Å². The summed E-state index contributed by atoms with van der Waals surface area (Å²) in [5, 5.41) is 3.72. The Morgan fingerprint density at radius 1 is 1.29 bits per heavy atom. The minimum absolute atomic E-state index is 0.232. The van der Waals surface area contributed by atoms with Gasteiger partial charge in [-0.3, -0.25) is 0 Å². The predicted molar refractivity (Wildman–Crippen MR) is 72.1 cm³/mol. The Morgan fingerprint density at radius 2 is 1.88 bits per heavy atom. The van der Waals surface area contributed by atoms with Gasteiger partial charge in [-0.05, 0) is 70.6 Å². The van der Waals surface area contributed by atoms with Crippen molar-refractivity contribution in [3.63, 3.8) is 0 Å². The molecule has 0 bridgehead atoms. The van der Waals surface area contributed by atoms with Gasteiger partial charge in [-0.25, -0.2) is 0 Å². The first kappa shape index (κ1) is 13.4. The van der Waals surface area contributed by atoms with Crippen molar-refractivity contribution in [3.05, 3.63) is 0 Å². The number of nitrogens with one attached hydrogen (secondary N) is 1. The van der Waals surface area contributed by atoms with Crippen molar-refractivity contribution in [3.8, 4) is 0 Å². The Labute approximate surface area is 107 Å². The van der Waals surface area contributed by atoms with Crippen LogP contribution in [0.15, 0.2) is 0 Å². The van der Waals surface area contributed by atoms with E-state index in [2.05, 4.69) is 33.0 Å². The van der Waals surface area contributed by atoms with Crippen LogP contribution in [0.5, 0.6) is 0 Å². The van der Waals surface area contributed by atoms with Gasteiger partial charge in [0.1, 0.15) is 0 Å². The van der Waals surface area contributed by atoms with E-state index in [0.29, 0.717) is 11.5 Å². The van der Waals surface area contributed by atoms with Crippen LogP contribution in [0.3, 0.4) is 0 Å². The second-order valence-corrected chi connectivity index (χ2v) is 7.52. The van der Waals surface area contributed by atoms with Crippen LogP contribution in [-0.4, -0.2) is 25.3 Å². The third-order valence-electron chi connectivity index (χ3n) is 4.58. The van der Waals surface area contributed by atoms with E-state index in [-0.39, 0.29) is 5.54 Å². The SMILES string of the molecule is COC(C)CC1(CNC(C)(C)C)CC2CC2C1. The molecule has 0 aromatic heterocycles. The fraction of sp³-hybridized carbons (Fsp3) is 1.00. The van der Waals surface area contributed by atoms with Crippen molar-refractivity contribution >= 4 is 0 Å². The van der Waals surface area contributed by atoms with Gasteiger partial charge in [0.15, 0.2) is 0 Å². The van der Waals surface area contributed by atoms with E-state index in [1.807, 2.05) is 7.11 Å². The molecule has 2 saturated carbocycles. The molecule has 0 aromatic carbocycles. The quantitative estimate of drug-likeness (QED) is 0.795. The fourth-order valence-corrected chi connectivity index (χ4v) is 3.53. The van der Waals surface area contributed by atoms with E-state index in [0.717, 1.165) is 18.4 Å². The molecular weight excluding hydrogens is 210 g/mol. The van der Waals surface area contributed by atoms with E-state index >= 15 is 0 Å². The largest absolute Gasteiger partial charge is 0.382 e. The van der Waals surface area contributed by atoms with Crippen LogP contribution in [0.2, 0.25) is 0 Å². The number of methoxy groups -OCH3 is 1. The number of fused-ring (bicyclic) bond motifs is 1. The van der Waals surface area contributed by atoms with E-state index in [1.54, 1.807) is 0 Å². The molecule has 3 unspecified atom stereocenters. The molecule has 0 spiro atoms. The van der Waals surface area contributed by atoms with Gasteiger partial charge < -0.3 is 10.1 Å². The monoisotopic (exact) mass is 239 g/mol. The van der Waals surface area contributed by atoms with Crippen LogP contribution >= 0.6 is 0 Å². The molecule has 2 rings (SSSR count). The Morgan fingerprint density at radius 3 is 2.35 bits per heavy atom. The average molecular weight is 239 g/mol. The van der Waals surface area contributed by atoms with Gasteiger partial charge in [-0.2, -0.15) is 0 Å². The van der Waals surface area contributed by atoms with Crippen LogP contribution < -0.4 is 5.32 Å². The molecule has 17 heavy (non-hydrogen) atoms. The molecule has 0 saturated heterocycles. The lowest BCUT2D eigenvalue weighted by Gasteiger charge is -2.36. The van der Waals surface area contributed by atoms with E-state index < -0.39 is 0 Å². The number of ether oxygens (including phenoxy) is 1. The van der Waals surface area contributed by atoms with Crippen molar-refractivity contribution in [2.24, 2.45) is 17.3 Å². The lowest BCUT2D eigenvalue weighted by atomic mass is 9.77. The average Bonchev–Trinajstić information content (AvgIpc) is 2.84. The van der Waals surface area contributed by atoms with Crippen LogP contribution in [0, 0.1) is 17.3 Å². The summed E-state index contributed by atoms with van der Waals surface area (Å²) in [6.07, 6.45) is 5.97. The molecule has 2 nitrogen and oxygen atoms in total. The summed E-state index contributed by atoms with van der Waals surface area (Å²) in [6, 6.07) is 0. The van der Waals surface area contributed by atoms with Gasteiger partial charge in [0.2, 0.25) is 0 Å². The van der Waals surface area contributed by atoms with Gasteiger partial charge in [0, 0.05) is 19.2 Å². The smallest absolute Gasteiger partial charge is 0.0549 e. The maximum absolute atomic E-state index is 5.49. The molecule has 2 aliphatic rings. The predicted octanol–water partition coefficient (Wildman–Crippen LogP) is 3.22. The summed E-state index contributed by atoms with van der Waals surface area (Å²) in [7, 11) is 1.84. The second-order valence-electron chi connectivity index (χ2n) is 7.52. The molecule has 2 aliphatic carbocycles. The molecule has 0 heterocycles. The molecule has 2 heteroatoms. The normalized spacial score (nSPS) is 37.9. The zero-order valence-electron chi connectivity index (χ0n) is 12.2. The molecule has 0 aromatic rings. The highest BCUT2D eigenvalue weighted by atomic mass is 16.5. The van der Waals surface area contributed by atoms with Gasteiger partial charge >= 0.3 is 0 Å². The zero-order chi connectivity index (χ0) is 12.7. The highest BCUT2D eigenvalue weighted by molar-refractivity contribution is 5.05. The van der Waals surface area contributed by atoms with Crippen LogP contribution in [0.1, 0.15) is 53.4 Å². The molecule has 0 radical (unpaired) electrons. The summed E-state index contributed by atoms with van der Waals surface area (Å²) >= 11 is 0. The van der Waals surface area contributed by atoms with Gasteiger partial charge in [-0.1, -0.05) is 0 Å². The van der Waals surface area contributed by atoms with Crippen molar-refractivity contribution in [2.45, 2.75) is 65.0 Å². The minimum Gasteiger partial charge on any atom is -0.382 e. The van der Waals surface area contributed by atoms with Gasteiger partial charge in [0.25, 0.3) is 0 Å². The van der Waals surface area contributed by atoms with Gasteiger partial charge in [0.05, 0.1) is 6.10 Å². The maximum Gasteiger partial charge on any atom is 0.0549 e. The molecular formula is C15H29NO. The first-order chi connectivity index (χ1) is 7.84. The molecule has 1 N–H and O–H groups in total. The molecule has 3 atom stereocenters. The first-order valence-corrected chi connectivity index (χ1v) is 7.11. The topological polar surface area (TPSA) is 21.3 Å². The Hall–Kier alpha value is -0.0800. The number of hydrogen-bond donors (Lipinski definition) is 1. The summed E-state index contributed by atoms with van der Waals surface area (Å²) in [4.78, 5) is 0.